The minimum absolute atomic E-state index is 0.112. The second-order valence-electron chi connectivity index (χ2n) is 7.05. The van der Waals surface area contributed by atoms with Gasteiger partial charge in [-0.3, -0.25) is 9.59 Å². The van der Waals surface area contributed by atoms with E-state index in [2.05, 4.69) is 5.32 Å². The average molecular weight is 423 g/mol. The van der Waals surface area contributed by atoms with Crippen molar-refractivity contribution in [3.8, 4) is 0 Å². The van der Waals surface area contributed by atoms with Crippen LogP contribution >= 0.6 is 0 Å². The number of halogens is 2. The third kappa shape index (κ3) is 6.20. The minimum atomic E-state index is -0.825. The molecule has 3 aromatic carbocycles. The van der Waals surface area contributed by atoms with Crippen LogP contribution in [0.3, 0.4) is 0 Å². The number of carbonyl (C=O) groups is 2. The van der Waals surface area contributed by atoms with Gasteiger partial charge < -0.3 is 16.0 Å². The van der Waals surface area contributed by atoms with Crippen LogP contribution in [0.1, 0.15) is 32.7 Å². The van der Waals surface area contributed by atoms with Gasteiger partial charge in [-0.05, 0) is 54.9 Å². The Kier molecular flexibility index (Phi) is 7.45. The van der Waals surface area contributed by atoms with Gasteiger partial charge in [0.2, 0.25) is 0 Å². The number of nitrogens with two attached hydrogens (primary N) is 1. The molecule has 3 aromatic rings. The van der Waals surface area contributed by atoms with Gasteiger partial charge in [0.25, 0.3) is 11.8 Å². The Hall–Kier alpha value is -3.58. The van der Waals surface area contributed by atoms with Gasteiger partial charge >= 0.3 is 0 Å². The first-order valence-corrected chi connectivity index (χ1v) is 9.87. The molecule has 7 heteroatoms. The first-order chi connectivity index (χ1) is 15.0. The van der Waals surface area contributed by atoms with Crippen molar-refractivity contribution in [2.75, 3.05) is 18.4 Å². The van der Waals surface area contributed by atoms with E-state index in [1.165, 1.54) is 0 Å². The van der Waals surface area contributed by atoms with Gasteiger partial charge in [-0.2, -0.15) is 0 Å². The molecule has 5 nitrogen and oxygen atoms in total. The molecule has 0 radical (unpaired) electrons. The molecule has 2 amide bonds. The summed E-state index contributed by atoms with van der Waals surface area (Å²) in [6.45, 7) is 1.27. The van der Waals surface area contributed by atoms with Gasteiger partial charge in [-0.15, -0.1) is 0 Å². The highest BCUT2D eigenvalue weighted by atomic mass is 19.1. The second kappa shape index (κ2) is 10.4. The Labute approximate surface area is 179 Å². The van der Waals surface area contributed by atoms with Crippen LogP contribution in [-0.2, 0) is 6.54 Å². The number of benzene rings is 3. The Morgan fingerprint density at radius 2 is 1.58 bits per heavy atom. The van der Waals surface area contributed by atoms with Crippen LogP contribution in [0.5, 0.6) is 0 Å². The van der Waals surface area contributed by atoms with E-state index >= 15 is 0 Å². The standard InChI is InChI=1S/C24H23F2N3O2/c25-20-13-19(14-21(26)15-20)23(30)28-22-9-4-6-17(12-22)16-29(11-5-10-27)24(31)18-7-2-1-3-8-18/h1-4,6-9,12-15H,5,10-11,16,27H2,(H,28,30). The summed E-state index contributed by atoms with van der Waals surface area (Å²) < 4.78 is 26.8. The van der Waals surface area contributed by atoms with Gasteiger partial charge in [0, 0.05) is 36.0 Å². The topological polar surface area (TPSA) is 75.4 Å². The first kappa shape index (κ1) is 22.1. The zero-order valence-electron chi connectivity index (χ0n) is 16.9. The predicted molar refractivity (Wildman–Crippen MR) is 116 cm³/mol. The number of nitrogens with one attached hydrogen (secondary N) is 1. The number of hydrogen-bond donors (Lipinski definition) is 2. The average Bonchev–Trinajstić information content (AvgIpc) is 2.76. The summed E-state index contributed by atoms with van der Waals surface area (Å²) in [5.74, 6) is -2.39. The molecule has 0 saturated carbocycles. The molecule has 0 unspecified atom stereocenters. The summed E-state index contributed by atoms with van der Waals surface area (Å²) in [4.78, 5) is 27.0. The maximum atomic E-state index is 13.4. The number of carbonyl (C=O) groups excluding carboxylic acids is 2. The highest BCUT2D eigenvalue weighted by molar-refractivity contribution is 6.04. The molecule has 0 aliphatic heterocycles. The highest BCUT2D eigenvalue weighted by Crippen LogP contribution is 2.17. The SMILES string of the molecule is NCCCN(Cc1cccc(NC(=O)c2cc(F)cc(F)c2)c1)C(=O)c1ccccc1. The molecule has 0 aromatic heterocycles. The normalized spacial score (nSPS) is 10.5. The molecular formula is C24H23F2N3O2. The maximum Gasteiger partial charge on any atom is 0.255 e. The lowest BCUT2D eigenvalue weighted by atomic mass is 10.1. The molecule has 0 aliphatic rings. The van der Waals surface area contributed by atoms with Gasteiger partial charge in [0.15, 0.2) is 0 Å². The number of anilines is 1. The lowest BCUT2D eigenvalue weighted by Crippen LogP contribution is -2.32. The van der Waals surface area contributed by atoms with Crippen LogP contribution in [0.25, 0.3) is 0 Å². The van der Waals surface area contributed by atoms with Gasteiger partial charge in [-0.1, -0.05) is 30.3 Å². The molecule has 0 fully saturated rings. The zero-order valence-corrected chi connectivity index (χ0v) is 16.9. The number of amides is 2. The van der Waals surface area contributed by atoms with Crippen molar-refractivity contribution in [3.63, 3.8) is 0 Å². The Bertz CT molecular complexity index is 1040. The number of hydrogen-bond acceptors (Lipinski definition) is 3. The molecule has 0 saturated heterocycles. The van der Waals surface area contributed by atoms with Crippen LogP contribution in [0.2, 0.25) is 0 Å². The maximum absolute atomic E-state index is 13.4. The quantitative estimate of drug-likeness (QED) is 0.570. The fourth-order valence-corrected chi connectivity index (χ4v) is 3.15. The Balaban J connectivity index is 1.75. The van der Waals surface area contributed by atoms with E-state index in [0.29, 0.717) is 43.4 Å². The molecule has 0 atom stereocenters. The Morgan fingerprint density at radius 1 is 0.871 bits per heavy atom. The van der Waals surface area contributed by atoms with Gasteiger partial charge in [-0.25, -0.2) is 8.78 Å². The highest BCUT2D eigenvalue weighted by Gasteiger charge is 2.16. The van der Waals surface area contributed by atoms with Crippen LogP contribution in [0.15, 0.2) is 72.8 Å². The van der Waals surface area contributed by atoms with Crippen LogP contribution in [-0.4, -0.2) is 29.8 Å². The van der Waals surface area contributed by atoms with Crippen molar-refractivity contribution < 1.29 is 18.4 Å². The van der Waals surface area contributed by atoms with E-state index in [1.807, 2.05) is 12.1 Å². The molecule has 160 valence electrons. The van der Waals surface area contributed by atoms with E-state index in [9.17, 15) is 18.4 Å². The van der Waals surface area contributed by atoms with Crippen LogP contribution in [0.4, 0.5) is 14.5 Å². The smallest absolute Gasteiger partial charge is 0.255 e. The summed E-state index contributed by atoms with van der Waals surface area (Å²) in [7, 11) is 0. The monoisotopic (exact) mass is 423 g/mol. The summed E-state index contributed by atoms with van der Waals surface area (Å²) >= 11 is 0. The lowest BCUT2D eigenvalue weighted by Gasteiger charge is -2.23. The third-order valence-corrected chi connectivity index (χ3v) is 4.62. The van der Waals surface area contributed by atoms with Crippen LogP contribution < -0.4 is 11.1 Å². The summed E-state index contributed by atoms with van der Waals surface area (Å²) in [5, 5.41) is 2.63. The molecule has 31 heavy (non-hydrogen) atoms. The van der Waals surface area contributed by atoms with E-state index in [4.69, 9.17) is 5.73 Å². The largest absolute Gasteiger partial charge is 0.334 e. The molecule has 0 heterocycles. The van der Waals surface area contributed by atoms with Gasteiger partial charge in [0.1, 0.15) is 11.6 Å². The van der Waals surface area contributed by atoms with Crippen molar-refractivity contribution in [1.29, 1.82) is 0 Å². The van der Waals surface area contributed by atoms with E-state index in [-0.39, 0.29) is 11.5 Å². The van der Waals surface area contributed by atoms with Crippen molar-refractivity contribution >= 4 is 17.5 Å². The zero-order chi connectivity index (χ0) is 22.2. The third-order valence-electron chi connectivity index (χ3n) is 4.62. The fourth-order valence-electron chi connectivity index (χ4n) is 3.15. The van der Waals surface area contributed by atoms with Crippen LogP contribution in [0, 0.1) is 11.6 Å². The Morgan fingerprint density at radius 3 is 2.26 bits per heavy atom. The first-order valence-electron chi connectivity index (χ1n) is 9.87. The number of rotatable bonds is 8. The van der Waals surface area contributed by atoms with Gasteiger partial charge in [0.05, 0.1) is 0 Å². The fraction of sp³-hybridized carbons (Fsp3) is 0.167. The molecule has 3 rings (SSSR count). The van der Waals surface area contributed by atoms with E-state index < -0.39 is 17.5 Å². The molecule has 0 spiro atoms. The second-order valence-corrected chi connectivity index (χ2v) is 7.05. The lowest BCUT2D eigenvalue weighted by molar-refractivity contribution is 0.0742. The van der Waals surface area contributed by atoms with E-state index in [0.717, 1.165) is 17.7 Å². The molecule has 3 N–H and O–H groups in total. The summed E-state index contributed by atoms with van der Waals surface area (Å²) in [6, 6.07) is 18.6. The van der Waals surface area contributed by atoms with Crippen molar-refractivity contribution in [2.24, 2.45) is 5.73 Å². The van der Waals surface area contributed by atoms with Crippen molar-refractivity contribution in [2.45, 2.75) is 13.0 Å². The summed E-state index contributed by atoms with van der Waals surface area (Å²) in [6.07, 6.45) is 0.653. The molecule has 0 aliphatic carbocycles. The minimum Gasteiger partial charge on any atom is -0.334 e. The van der Waals surface area contributed by atoms with Crippen molar-refractivity contribution in [1.82, 2.24) is 4.90 Å². The van der Waals surface area contributed by atoms with Crippen molar-refractivity contribution in [3.05, 3.63) is 101 Å². The predicted octanol–water partition coefficient (Wildman–Crippen LogP) is 4.21. The molecular weight excluding hydrogens is 400 g/mol. The van der Waals surface area contributed by atoms with E-state index in [1.54, 1.807) is 47.4 Å². The number of nitrogens with zero attached hydrogens (tertiary/aromatic N) is 1. The molecule has 0 bridgehead atoms. The summed E-state index contributed by atoms with van der Waals surface area (Å²) in [5.41, 5.74) is 7.34.